The molecule has 8 heteroatoms. The Morgan fingerprint density at radius 2 is 2.04 bits per heavy atom. The molecule has 0 saturated carbocycles. The zero-order valence-electron chi connectivity index (χ0n) is 17.3. The van der Waals surface area contributed by atoms with Crippen LogP contribution in [0.4, 0.5) is 4.79 Å². The number of halogens is 1. The molecule has 27 heavy (non-hydrogen) atoms. The number of carbonyl (C=O) groups is 1. The van der Waals surface area contributed by atoms with E-state index in [0.717, 1.165) is 38.2 Å². The summed E-state index contributed by atoms with van der Waals surface area (Å²) < 4.78 is 11.3. The summed E-state index contributed by atoms with van der Waals surface area (Å²) >= 11 is 0. The molecule has 0 aromatic carbocycles. The molecule has 2 fully saturated rings. The molecule has 2 aliphatic rings. The second kappa shape index (κ2) is 11.3. The third-order valence-corrected chi connectivity index (χ3v) is 4.60. The molecule has 0 aromatic rings. The second-order valence-corrected chi connectivity index (χ2v) is 8.21. The molecule has 2 aliphatic heterocycles. The molecule has 4 atom stereocenters. The van der Waals surface area contributed by atoms with Gasteiger partial charge in [-0.2, -0.15) is 0 Å². The SMILES string of the molecule is CCCC(CN=C(NCC)NC1CC2CCC1O2)NC(=O)OC(C)(C)C.I. The standard InChI is InChI=1S/C19H36N4O3.HI/c1-6-8-13(22-18(24)26-19(3,4)5)12-21-17(20-7-2)23-15-11-14-9-10-16(15)25-14;/h13-16H,6-12H2,1-5H3,(H,22,24)(H2,20,21,23);1H. The summed E-state index contributed by atoms with van der Waals surface area (Å²) in [6.07, 6.45) is 5.50. The van der Waals surface area contributed by atoms with Crippen molar-refractivity contribution in [3.05, 3.63) is 0 Å². The van der Waals surface area contributed by atoms with Crippen LogP contribution in [-0.4, -0.2) is 55.0 Å². The largest absolute Gasteiger partial charge is 0.444 e. The molecule has 7 nitrogen and oxygen atoms in total. The first-order chi connectivity index (χ1) is 12.3. The number of rotatable bonds is 7. The molecular formula is C19H37IN4O3. The van der Waals surface area contributed by atoms with E-state index in [4.69, 9.17) is 14.5 Å². The molecule has 4 unspecified atom stereocenters. The van der Waals surface area contributed by atoms with Gasteiger partial charge in [-0.05, 0) is 53.4 Å². The minimum absolute atomic E-state index is 0. The van der Waals surface area contributed by atoms with Crippen LogP contribution in [0.2, 0.25) is 0 Å². The van der Waals surface area contributed by atoms with Gasteiger partial charge in [0, 0.05) is 6.54 Å². The van der Waals surface area contributed by atoms with E-state index in [1.807, 2.05) is 20.8 Å². The lowest BCUT2D eigenvalue weighted by molar-refractivity contribution is 0.0503. The van der Waals surface area contributed by atoms with Gasteiger partial charge in [0.2, 0.25) is 0 Å². The van der Waals surface area contributed by atoms with E-state index in [-0.39, 0.29) is 36.1 Å². The molecule has 2 heterocycles. The van der Waals surface area contributed by atoms with Crippen LogP contribution >= 0.6 is 24.0 Å². The van der Waals surface area contributed by atoms with Gasteiger partial charge in [0.05, 0.1) is 30.8 Å². The van der Waals surface area contributed by atoms with Gasteiger partial charge in [0.25, 0.3) is 0 Å². The van der Waals surface area contributed by atoms with E-state index >= 15 is 0 Å². The summed E-state index contributed by atoms with van der Waals surface area (Å²) in [6.45, 7) is 11.1. The number of nitrogens with zero attached hydrogens (tertiary/aromatic N) is 1. The van der Waals surface area contributed by atoms with Crippen molar-refractivity contribution >= 4 is 36.0 Å². The predicted molar refractivity (Wildman–Crippen MR) is 119 cm³/mol. The Balaban J connectivity index is 0.00000364. The van der Waals surface area contributed by atoms with Crippen molar-refractivity contribution in [1.29, 1.82) is 0 Å². The Kier molecular flexibility index (Phi) is 10.1. The highest BCUT2D eigenvalue weighted by atomic mass is 127. The molecule has 1 amide bonds. The maximum Gasteiger partial charge on any atom is 0.407 e. The number of guanidine groups is 1. The van der Waals surface area contributed by atoms with Crippen LogP contribution in [0.5, 0.6) is 0 Å². The highest BCUT2D eigenvalue weighted by molar-refractivity contribution is 14.0. The average Bonchev–Trinajstić information content (AvgIpc) is 3.13. The van der Waals surface area contributed by atoms with E-state index in [2.05, 4.69) is 29.8 Å². The van der Waals surface area contributed by atoms with Gasteiger partial charge < -0.3 is 25.4 Å². The van der Waals surface area contributed by atoms with Crippen molar-refractivity contribution in [3.8, 4) is 0 Å². The van der Waals surface area contributed by atoms with Crippen LogP contribution in [0.1, 0.15) is 66.7 Å². The van der Waals surface area contributed by atoms with Gasteiger partial charge in [-0.15, -0.1) is 24.0 Å². The number of ether oxygens (including phenoxy) is 2. The van der Waals surface area contributed by atoms with E-state index in [9.17, 15) is 4.79 Å². The molecular weight excluding hydrogens is 459 g/mol. The number of amides is 1. The number of alkyl carbamates (subject to hydrolysis) is 1. The molecule has 2 bridgehead atoms. The van der Waals surface area contributed by atoms with E-state index < -0.39 is 5.60 Å². The lowest BCUT2D eigenvalue weighted by Crippen LogP contribution is -2.48. The molecule has 2 saturated heterocycles. The number of fused-ring (bicyclic) bond motifs is 2. The summed E-state index contributed by atoms with van der Waals surface area (Å²) in [5.41, 5.74) is -0.498. The third kappa shape index (κ3) is 8.41. The summed E-state index contributed by atoms with van der Waals surface area (Å²) in [6, 6.07) is 0.288. The highest BCUT2D eigenvalue weighted by Gasteiger charge is 2.41. The first kappa shape index (κ1) is 24.3. The number of aliphatic imine (C=N–C) groups is 1. The second-order valence-electron chi connectivity index (χ2n) is 8.21. The van der Waals surface area contributed by atoms with Crippen LogP contribution in [-0.2, 0) is 9.47 Å². The van der Waals surface area contributed by atoms with Crippen LogP contribution in [0.25, 0.3) is 0 Å². The number of hydrogen-bond donors (Lipinski definition) is 3. The molecule has 0 radical (unpaired) electrons. The van der Waals surface area contributed by atoms with Gasteiger partial charge in [0.1, 0.15) is 5.60 Å². The minimum atomic E-state index is -0.498. The van der Waals surface area contributed by atoms with E-state index in [1.54, 1.807) is 0 Å². The van der Waals surface area contributed by atoms with Gasteiger partial charge in [-0.1, -0.05) is 13.3 Å². The fourth-order valence-corrected chi connectivity index (χ4v) is 3.52. The quantitative estimate of drug-likeness (QED) is 0.287. The van der Waals surface area contributed by atoms with Gasteiger partial charge >= 0.3 is 6.09 Å². The molecule has 0 aliphatic carbocycles. The molecule has 0 aromatic heterocycles. The summed E-state index contributed by atoms with van der Waals surface area (Å²) in [4.78, 5) is 16.7. The number of carbonyl (C=O) groups excluding carboxylic acids is 1. The van der Waals surface area contributed by atoms with Gasteiger partial charge in [-0.25, -0.2) is 4.79 Å². The Hall–Kier alpha value is -0.770. The smallest absolute Gasteiger partial charge is 0.407 e. The monoisotopic (exact) mass is 496 g/mol. The Labute approximate surface area is 180 Å². The zero-order valence-corrected chi connectivity index (χ0v) is 19.7. The van der Waals surface area contributed by atoms with Crippen molar-refractivity contribution in [3.63, 3.8) is 0 Å². The van der Waals surface area contributed by atoms with Crippen molar-refractivity contribution in [1.82, 2.24) is 16.0 Å². The van der Waals surface area contributed by atoms with Gasteiger partial charge in [-0.3, -0.25) is 4.99 Å². The molecule has 2 rings (SSSR count). The maximum atomic E-state index is 12.1. The number of nitrogens with one attached hydrogen (secondary N) is 3. The van der Waals surface area contributed by atoms with E-state index in [1.165, 1.54) is 6.42 Å². The molecule has 158 valence electrons. The molecule has 3 N–H and O–H groups in total. The Bertz CT molecular complexity index is 496. The highest BCUT2D eigenvalue weighted by Crippen LogP contribution is 2.34. The summed E-state index contributed by atoms with van der Waals surface area (Å²) in [5, 5.41) is 9.75. The van der Waals surface area contributed by atoms with Crippen LogP contribution < -0.4 is 16.0 Å². The van der Waals surface area contributed by atoms with Gasteiger partial charge in [0.15, 0.2) is 5.96 Å². The average molecular weight is 496 g/mol. The van der Waals surface area contributed by atoms with Crippen molar-refractivity contribution in [2.75, 3.05) is 13.1 Å². The van der Waals surface area contributed by atoms with Crippen molar-refractivity contribution in [2.24, 2.45) is 4.99 Å². The maximum absolute atomic E-state index is 12.1. The van der Waals surface area contributed by atoms with Crippen molar-refractivity contribution in [2.45, 2.75) is 96.6 Å². The van der Waals surface area contributed by atoms with Crippen molar-refractivity contribution < 1.29 is 14.3 Å². The normalized spacial score (nSPS) is 25.5. The zero-order chi connectivity index (χ0) is 19.2. The Morgan fingerprint density at radius 1 is 1.30 bits per heavy atom. The van der Waals surface area contributed by atoms with Crippen LogP contribution in [0, 0.1) is 0 Å². The fourth-order valence-electron chi connectivity index (χ4n) is 3.52. The topological polar surface area (TPSA) is 84.0 Å². The predicted octanol–water partition coefficient (Wildman–Crippen LogP) is 3.17. The first-order valence-corrected chi connectivity index (χ1v) is 10.0. The van der Waals surface area contributed by atoms with Crippen LogP contribution in [0.3, 0.4) is 0 Å². The minimum Gasteiger partial charge on any atom is -0.444 e. The summed E-state index contributed by atoms with van der Waals surface area (Å²) in [7, 11) is 0. The first-order valence-electron chi connectivity index (χ1n) is 10.0. The lowest BCUT2D eigenvalue weighted by atomic mass is 9.96. The lowest BCUT2D eigenvalue weighted by Gasteiger charge is -2.24. The van der Waals surface area contributed by atoms with E-state index in [0.29, 0.717) is 24.8 Å². The fraction of sp³-hybridized carbons (Fsp3) is 0.895. The third-order valence-electron chi connectivity index (χ3n) is 4.60. The molecule has 0 spiro atoms. The van der Waals surface area contributed by atoms with Crippen LogP contribution in [0.15, 0.2) is 4.99 Å². The number of hydrogen-bond acceptors (Lipinski definition) is 4. The summed E-state index contributed by atoms with van der Waals surface area (Å²) in [5.74, 6) is 0.792. The Morgan fingerprint density at radius 3 is 2.56 bits per heavy atom.